The fraction of sp³-hybridized carbons (Fsp3) is 0.133. The van der Waals surface area contributed by atoms with E-state index in [1.54, 1.807) is 0 Å². The standard InChI is InChI=1S/C15H14N2O/c1-10-3-6-15(11(2)17-10)18-13-5-4-12-7-8-16-14(12)9-13/h3-9,16H,1-2H3. The van der Waals surface area contributed by atoms with E-state index in [1.807, 2.05) is 56.4 Å². The normalized spacial score (nSPS) is 10.8. The highest BCUT2D eigenvalue weighted by Gasteiger charge is 2.04. The van der Waals surface area contributed by atoms with Crippen LogP contribution in [0.3, 0.4) is 0 Å². The predicted octanol–water partition coefficient (Wildman–Crippen LogP) is 3.97. The quantitative estimate of drug-likeness (QED) is 0.733. The van der Waals surface area contributed by atoms with E-state index in [1.165, 1.54) is 5.39 Å². The van der Waals surface area contributed by atoms with Gasteiger partial charge in [0.25, 0.3) is 0 Å². The maximum absolute atomic E-state index is 5.86. The number of ether oxygens (including phenoxy) is 1. The summed E-state index contributed by atoms with van der Waals surface area (Å²) in [5.41, 5.74) is 2.98. The van der Waals surface area contributed by atoms with Gasteiger partial charge in [-0.1, -0.05) is 0 Å². The molecule has 3 rings (SSSR count). The first kappa shape index (κ1) is 10.8. The van der Waals surface area contributed by atoms with Crippen molar-refractivity contribution in [1.82, 2.24) is 9.97 Å². The molecule has 0 spiro atoms. The van der Waals surface area contributed by atoms with Gasteiger partial charge in [-0.25, -0.2) is 0 Å². The minimum absolute atomic E-state index is 0.798. The van der Waals surface area contributed by atoms with Gasteiger partial charge in [0, 0.05) is 23.5 Å². The molecule has 0 amide bonds. The van der Waals surface area contributed by atoms with Crippen molar-refractivity contribution < 1.29 is 4.74 Å². The summed E-state index contributed by atoms with van der Waals surface area (Å²) >= 11 is 0. The molecule has 3 nitrogen and oxygen atoms in total. The van der Waals surface area contributed by atoms with Crippen molar-refractivity contribution >= 4 is 10.9 Å². The zero-order chi connectivity index (χ0) is 12.5. The Morgan fingerprint density at radius 3 is 2.78 bits per heavy atom. The van der Waals surface area contributed by atoms with Gasteiger partial charge in [-0.05, 0) is 49.6 Å². The van der Waals surface area contributed by atoms with Gasteiger partial charge in [0.2, 0.25) is 0 Å². The molecule has 0 aliphatic carbocycles. The van der Waals surface area contributed by atoms with Crippen LogP contribution in [0.1, 0.15) is 11.4 Å². The van der Waals surface area contributed by atoms with E-state index in [0.717, 1.165) is 28.4 Å². The Balaban J connectivity index is 1.95. The maximum Gasteiger partial charge on any atom is 0.148 e. The van der Waals surface area contributed by atoms with Crippen LogP contribution in [0.4, 0.5) is 0 Å². The van der Waals surface area contributed by atoms with Crippen LogP contribution in [0.15, 0.2) is 42.6 Å². The number of nitrogens with zero attached hydrogens (tertiary/aromatic N) is 1. The summed E-state index contributed by atoms with van der Waals surface area (Å²) in [6.07, 6.45) is 1.92. The Kier molecular flexibility index (Phi) is 2.52. The summed E-state index contributed by atoms with van der Waals surface area (Å²) in [7, 11) is 0. The molecule has 3 aromatic rings. The lowest BCUT2D eigenvalue weighted by molar-refractivity contribution is 0.476. The number of H-pyrrole nitrogens is 1. The first-order valence-electron chi connectivity index (χ1n) is 5.91. The second kappa shape index (κ2) is 4.18. The summed E-state index contributed by atoms with van der Waals surface area (Å²) in [6.45, 7) is 3.93. The Labute approximate surface area is 105 Å². The molecule has 0 saturated heterocycles. The van der Waals surface area contributed by atoms with Gasteiger partial charge in [-0.2, -0.15) is 0 Å². The van der Waals surface area contributed by atoms with Crippen molar-refractivity contribution in [3.63, 3.8) is 0 Å². The lowest BCUT2D eigenvalue weighted by Crippen LogP contribution is -1.92. The molecular weight excluding hydrogens is 224 g/mol. The molecule has 0 fully saturated rings. The van der Waals surface area contributed by atoms with Gasteiger partial charge in [-0.3, -0.25) is 4.98 Å². The predicted molar refractivity (Wildman–Crippen MR) is 72.1 cm³/mol. The molecule has 18 heavy (non-hydrogen) atoms. The summed E-state index contributed by atoms with van der Waals surface area (Å²) < 4.78 is 5.86. The van der Waals surface area contributed by atoms with Gasteiger partial charge < -0.3 is 9.72 Å². The van der Waals surface area contributed by atoms with Gasteiger partial charge in [-0.15, -0.1) is 0 Å². The lowest BCUT2D eigenvalue weighted by Gasteiger charge is -2.08. The monoisotopic (exact) mass is 238 g/mol. The van der Waals surface area contributed by atoms with Crippen LogP contribution in [0.25, 0.3) is 10.9 Å². The van der Waals surface area contributed by atoms with Crippen LogP contribution in [-0.2, 0) is 0 Å². The van der Waals surface area contributed by atoms with Gasteiger partial charge in [0.05, 0.1) is 5.69 Å². The number of nitrogens with one attached hydrogen (secondary N) is 1. The molecule has 2 aromatic heterocycles. The first-order valence-corrected chi connectivity index (χ1v) is 5.91. The molecule has 1 N–H and O–H groups in total. The van der Waals surface area contributed by atoms with Gasteiger partial charge >= 0.3 is 0 Å². The Morgan fingerprint density at radius 2 is 1.94 bits per heavy atom. The van der Waals surface area contributed by atoms with Crippen LogP contribution in [0, 0.1) is 13.8 Å². The van der Waals surface area contributed by atoms with Crippen LogP contribution >= 0.6 is 0 Å². The number of hydrogen-bond acceptors (Lipinski definition) is 2. The maximum atomic E-state index is 5.86. The molecule has 1 aromatic carbocycles. The minimum atomic E-state index is 0.798. The summed E-state index contributed by atoms with van der Waals surface area (Å²) in [5, 5.41) is 1.18. The summed E-state index contributed by atoms with van der Waals surface area (Å²) in [5.74, 6) is 1.62. The fourth-order valence-corrected chi connectivity index (χ4v) is 2.00. The molecule has 0 aliphatic rings. The number of aromatic amines is 1. The number of aromatic nitrogens is 2. The topological polar surface area (TPSA) is 37.9 Å². The number of aryl methyl sites for hydroxylation is 2. The Bertz CT molecular complexity index is 701. The van der Waals surface area contributed by atoms with E-state index in [-0.39, 0.29) is 0 Å². The summed E-state index contributed by atoms with van der Waals surface area (Å²) in [4.78, 5) is 7.56. The third-order valence-electron chi connectivity index (χ3n) is 2.93. The largest absolute Gasteiger partial charge is 0.455 e. The van der Waals surface area contributed by atoms with E-state index in [2.05, 4.69) is 9.97 Å². The fourth-order valence-electron chi connectivity index (χ4n) is 2.00. The highest BCUT2D eigenvalue weighted by atomic mass is 16.5. The molecule has 0 bridgehead atoms. The molecule has 90 valence electrons. The van der Waals surface area contributed by atoms with Crippen molar-refractivity contribution in [1.29, 1.82) is 0 Å². The highest BCUT2D eigenvalue weighted by Crippen LogP contribution is 2.26. The van der Waals surface area contributed by atoms with Crippen LogP contribution < -0.4 is 4.74 Å². The molecule has 0 atom stereocenters. The third kappa shape index (κ3) is 1.95. The number of fused-ring (bicyclic) bond motifs is 1. The number of hydrogen-bond donors (Lipinski definition) is 1. The molecule has 0 unspecified atom stereocenters. The van der Waals surface area contributed by atoms with Gasteiger partial charge in [0.15, 0.2) is 0 Å². The van der Waals surface area contributed by atoms with Crippen LogP contribution in [0.5, 0.6) is 11.5 Å². The lowest BCUT2D eigenvalue weighted by atomic mass is 10.2. The second-order valence-electron chi connectivity index (χ2n) is 4.36. The third-order valence-corrected chi connectivity index (χ3v) is 2.93. The number of benzene rings is 1. The molecule has 0 aliphatic heterocycles. The van der Waals surface area contributed by atoms with Crippen LogP contribution in [-0.4, -0.2) is 9.97 Å². The van der Waals surface area contributed by atoms with E-state index >= 15 is 0 Å². The van der Waals surface area contributed by atoms with Crippen LogP contribution in [0.2, 0.25) is 0 Å². The van der Waals surface area contributed by atoms with Crippen molar-refractivity contribution in [2.45, 2.75) is 13.8 Å². The molecule has 0 radical (unpaired) electrons. The average molecular weight is 238 g/mol. The van der Waals surface area contributed by atoms with E-state index in [0.29, 0.717) is 0 Å². The second-order valence-corrected chi connectivity index (χ2v) is 4.36. The van der Waals surface area contributed by atoms with Crippen molar-refractivity contribution in [2.24, 2.45) is 0 Å². The molecule has 3 heteroatoms. The minimum Gasteiger partial charge on any atom is -0.455 e. The first-order chi connectivity index (χ1) is 8.72. The van der Waals surface area contributed by atoms with E-state index < -0.39 is 0 Å². The average Bonchev–Trinajstić information content (AvgIpc) is 2.80. The zero-order valence-electron chi connectivity index (χ0n) is 10.4. The van der Waals surface area contributed by atoms with E-state index in [9.17, 15) is 0 Å². The Morgan fingerprint density at radius 1 is 1.06 bits per heavy atom. The summed E-state index contributed by atoms with van der Waals surface area (Å²) in [6, 6.07) is 12.0. The SMILES string of the molecule is Cc1ccc(Oc2ccc3cc[nH]c3c2)c(C)n1. The smallest absolute Gasteiger partial charge is 0.148 e. The molecule has 0 saturated carbocycles. The van der Waals surface area contributed by atoms with Crippen molar-refractivity contribution in [2.75, 3.05) is 0 Å². The van der Waals surface area contributed by atoms with Gasteiger partial charge in [0.1, 0.15) is 11.5 Å². The molecule has 2 heterocycles. The zero-order valence-corrected chi connectivity index (χ0v) is 10.4. The van der Waals surface area contributed by atoms with Crippen molar-refractivity contribution in [3.8, 4) is 11.5 Å². The highest BCUT2D eigenvalue weighted by molar-refractivity contribution is 5.80. The van der Waals surface area contributed by atoms with E-state index in [4.69, 9.17) is 4.74 Å². The number of pyridine rings is 1. The van der Waals surface area contributed by atoms with Crippen molar-refractivity contribution in [3.05, 3.63) is 54.0 Å². The number of rotatable bonds is 2. The molecular formula is C15H14N2O. The Hall–Kier alpha value is -2.29.